The summed E-state index contributed by atoms with van der Waals surface area (Å²) < 4.78 is 15.7. The lowest BCUT2D eigenvalue weighted by Gasteiger charge is -2.00. The molecule has 7 heteroatoms. The van der Waals surface area contributed by atoms with Crippen molar-refractivity contribution in [3.63, 3.8) is 0 Å². The van der Waals surface area contributed by atoms with E-state index in [1.54, 1.807) is 7.11 Å². The summed E-state index contributed by atoms with van der Waals surface area (Å²) in [4.78, 5) is 20.7. The van der Waals surface area contributed by atoms with E-state index in [1.807, 2.05) is 31.2 Å². The van der Waals surface area contributed by atoms with Gasteiger partial charge in [-0.3, -0.25) is 0 Å². The van der Waals surface area contributed by atoms with Crippen LogP contribution in [0, 0.1) is 6.92 Å². The molecule has 0 spiro atoms. The predicted molar refractivity (Wildman–Crippen MR) is 84.5 cm³/mol. The molecular weight excluding hydrogens is 316 g/mol. The highest BCUT2D eigenvalue weighted by molar-refractivity contribution is 7.13. The van der Waals surface area contributed by atoms with Crippen molar-refractivity contribution in [1.82, 2.24) is 9.97 Å². The van der Waals surface area contributed by atoms with Gasteiger partial charge in [-0.1, -0.05) is 0 Å². The number of aryl methyl sites for hydroxylation is 1. The molecule has 118 valence electrons. The maximum atomic E-state index is 11.9. The lowest BCUT2D eigenvalue weighted by Crippen LogP contribution is -2.03. The Morgan fingerprint density at radius 3 is 2.74 bits per heavy atom. The second-order valence-corrected chi connectivity index (χ2v) is 5.93. The van der Waals surface area contributed by atoms with Gasteiger partial charge in [0.25, 0.3) is 0 Å². The molecule has 0 fully saturated rings. The van der Waals surface area contributed by atoms with Crippen LogP contribution in [-0.4, -0.2) is 23.0 Å². The van der Waals surface area contributed by atoms with Gasteiger partial charge < -0.3 is 13.9 Å². The summed E-state index contributed by atoms with van der Waals surface area (Å²) in [7, 11) is 1.61. The van der Waals surface area contributed by atoms with Gasteiger partial charge in [0, 0.05) is 5.56 Å². The number of hydrogen-bond acceptors (Lipinski definition) is 7. The monoisotopic (exact) mass is 330 g/mol. The highest BCUT2D eigenvalue weighted by atomic mass is 32.1. The van der Waals surface area contributed by atoms with Gasteiger partial charge in [-0.15, -0.1) is 11.3 Å². The van der Waals surface area contributed by atoms with Crippen LogP contribution in [0.4, 0.5) is 0 Å². The summed E-state index contributed by atoms with van der Waals surface area (Å²) in [6, 6.07) is 7.35. The van der Waals surface area contributed by atoms with Crippen LogP contribution in [0.3, 0.4) is 0 Å². The Bertz CT molecular complexity index is 808. The quantitative estimate of drug-likeness (QED) is 0.667. The molecule has 3 aromatic rings. The Labute approximate surface area is 136 Å². The second kappa shape index (κ2) is 6.62. The molecule has 0 saturated heterocycles. The number of esters is 1. The van der Waals surface area contributed by atoms with Crippen molar-refractivity contribution in [3.8, 4) is 17.2 Å². The fourth-order valence-corrected chi connectivity index (χ4v) is 2.58. The molecule has 6 nitrogen and oxygen atoms in total. The van der Waals surface area contributed by atoms with Crippen LogP contribution in [0.2, 0.25) is 0 Å². The molecule has 0 aliphatic heterocycles. The number of carbonyl (C=O) groups excluding carboxylic acids is 1. The van der Waals surface area contributed by atoms with Crippen molar-refractivity contribution in [2.45, 2.75) is 13.5 Å². The van der Waals surface area contributed by atoms with Crippen molar-refractivity contribution in [2.24, 2.45) is 0 Å². The smallest absolute Gasteiger partial charge is 0.350 e. The van der Waals surface area contributed by atoms with Crippen LogP contribution in [0.15, 0.2) is 41.1 Å². The number of carbonyl (C=O) groups is 1. The summed E-state index contributed by atoms with van der Waals surface area (Å²) in [5.74, 6) is 0.811. The molecule has 3 rings (SSSR count). The standard InChI is InChI=1S/C16H14N2O4S/c1-10-17-7-14(23-10)16(19)22-9-12-8-21-15(18-12)11-3-5-13(20-2)6-4-11/h3-8H,9H2,1-2H3. The van der Waals surface area contributed by atoms with Crippen molar-refractivity contribution < 1.29 is 18.7 Å². The number of rotatable bonds is 5. The average Bonchev–Trinajstić information content (AvgIpc) is 3.22. The number of ether oxygens (including phenoxy) is 2. The molecule has 0 atom stereocenters. The zero-order chi connectivity index (χ0) is 16.2. The highest BCUT2D eigenvalue weighted by Gasteiger charge is 2.13. The molecule has 2 aromatic heterocycles. The molecule has 0 radical (unpaired) electrons. The zero-order valence-electron chi connectivity index (χ0n) is 12.6. The number of oxazole rings is 1. The maximum Gasteiger partial charge on any atom is 0.350 e. The van der Waals surface area contributed by atoms with E-state index in [0.29, 0.717) is 16.5 Å². The topological polar surface area (TPSA) is 74.5 Å². The minimum Gasteiger partial charge on any atom is -0.497 e. The number of thiazole rings is 1. The van der Waals surface area contributed by atoms with Crippen LogP contribution in [0.1, 0.15) is 20.4 Å². The normalized spacial score (nSPS) is 10.5. The van der Waals surface area contributed by atoms with Gasteiger partial charge in [0.1, 0.15) is 29.2 Å². The molecule has 0 bridgehead atoms. The first kappa shape index (κ1) is 15.2. The van der Waals surface area contributed by atoms with Crippen LogP contribution < -0.4 is 4.74 Å². The van der Waals surface area contributed by atoms with Crippen LogP contribution in [0.25, 0.3) is 11.5 Å². The molecule has 0 unspecified atom stereocenters. The van der Waals surface area contributed by atoms with Gasteiger partial charge in [0.2, 0.25) is 5.89 Å². The van der Waals surface area contributed by atoms with Crippen LogP contribution in [-0.2, 0) is 11.3 Å². The number of aromatic nitrogens is 2. The average molecular weight is 330 g/mol. The van der Waals surface area contributed by atoms with Gasteiger partial charge >= 0.3 is 5.97 Å². The Hall–Kier alpha value is -2.67. The number of nitrogens with zero attached hydrogens (tertiary/aromatic N) is 2. The molecule has 0 saturated carbocycles. The summed E-state index contributed by atoms with van der Waals surface area (Å²) in [5, 5.41) is 0.820. The summed E-state index contributed by atoms with van der Waals surface area (Å²) in [6.45, 7) is 1.88. The van der Waals surface area contributed by atoms with Gasteiger partial charge in [-0.25, -0.2) is 14.8 Å². The summed E-state index contributed by atoms with van der Waals surface area (Å²) in [5.41, 5.74) is 1.37. The third-order valence-corrected chi connectivity index (χ3v) is 3.96. The van der Waals surface area contributed by atoms with E-state index in [9.17, 15) is 4.79 Å². The predicted octanol–water partition coefficient (Wildman–Crippen LogP) is 3.47. The SMILES string of the molecule is COc1ccc(-c2nc(COC(=O)c3cnc(C)s3)co2)cc1. The van der Waals surface area contributed by atoms with E-state index < -0.39 is 5.97 Å². The van der Waals surface area contributed by atoms with Gasteiger partial charge in [-0.2, -0.15) is 0 Å². The fourth-order valence-electron chi connectivity index (χ4n) is 1.91. The third kappa shape index (κ3) is 3.57. The van der Waals surface area contributed by atoms with E-state index in [-0.39, 0.29) is 6.61 Å². The first-order valence-corrected chi connectivity index (χ1v) is 7.66. The molecular formula is C16H14N2O4S. The van der Waals surface area contributed by atoms with Crippen molar-refractivity contribution in [1.29, 1.82) is 0 Å². The lowest BCUT2D eigenvalue weighted by atomic mass is 10.2. The maximum absolute atomic E-state index is 11.9. The van der Waals surface area contributed by atoms with E-state index >= 15 is 0 Å². The van der Waals surface area contributed by atoms with Gasteiger partial charge in [0.05, 0.1) is 18.3 Å². The molecule has 23 heavy (non-hydrogen) atoms. The molecule has 2 heterocycles. The molecule has 0 aliphatic carbocycles. The zero-order valence-corrected chi connectivity index (χ0v) is 13.4. The molecule has 0 amide bonds. The third-order valence-electron chi connectivity index (χ3n) is 3.06. The summed E-state index contributed by atoms with van der Waals surface area (Å²) >= 11 is 1.30. The Balaban J connectivity index is 1.63. The van der Waals surface area contributed by atoms with Gasteiger partial charge in [0.15, 0.2) is 0 Å². The number of methoxy groups -OCH3 is 1. The van der Waals surface area contributed by atoms with E-state index in [0.717, 1.165) is 16.3 Å². The van der Waals surface area contributed by atoms with Crippen molar-refractivity contribution in [3.05, 3.63) is 52.3 Å². The Morgan fingerprint density at radius 1 is 1.30 bits per heavy atom. The minimum atomic E-state index is -0.412. The minimum absolute atomic E-state index is 0.0510. The first-order chi connectivity index (χ1) is 11.2. The lowest BCUT2D eigenvalue weighted by molar-refractivity contribution is 0.0473. The molecule has 0 aliphatic rings. The van der Waals surface area contributed by atoms with Crippen LogP contribution in [0.5, 0.6) is 5.75 Å². The Morgan fingerprint density at radius 2 is 2.09 bits per heavy atom. The van der Waals surface area contributed by atoms with Crippen LogP contribution >= 0.6 is 11.3 Å². The van der Waals surface area contributed by atoms with E-state index in [1.165, 1.54) is 23.8 Å². The second-order valence-electron chi connectivity index (χ2n) is 4.69. The van der Waals surface area contributed by atoms with Crippen molar-refractivity contribution in [2.75, 3.05) is 7.11 Å². The van der Waals surface area contributed by atoms with E-state index in [2.05, 4.69) is 9.97 Å². The highest BCUT2D eigenvalue weighted by Crippen LogP contribution is 2.22. The largest absolute Gasteiger partial charge is 0.497 e. The first-order valence-electron chi connectivity index (χ1n) is 6.84. The molecule has 1 aromatic carbocycles. The number of benzene rings is 1. The summed E-state index contributed by atoms with van der Waals surface area (Å²) in [6.07, 6.45) is 2.98. The fraction of sp³-hybridized carbons (Fsp3) is 0.188. The molecule has 0 N–H and O–H groups in total. The van der Waals surface area contributed by atoms with Crippen molar-refractivity contribution >= 4 is 17.3 Å². The number of hydrogen-bond donors (Lipinski definition) is 0. The van der Waals surface area contributed by atoms with E-state index in [4.69, 9.17) is 13.9 Å². The Kier molecular flexibility index (Phi) is 4.38. The van der Waals surface area contributed by atoms with Gasteiger partial charge in [-0.05, 0) is 31.2 Å².